The van der Waals surface area contributed by atoms with Gasteiger partial charge in [0.25, 0.3) is 0 Å². The van der Waals surface area contributed by atoms with Gasteiger partial charge in [0.2, 0.25) is 11.8 Å². The number of aromatic nitrogens is 1. The van der Waals surface area contributed by atoms with Crippen LogP contribution in [0.15, 0.2) is 24.4 Å². The third-order valence-electron chi connectivity index (χ3n) is 5.27. The number of anilines is 1. The fourth-order valence-electron chi connectivity index (χ4n) is 3.12. The van der Waals surface area contributed by atoms with Crippen LogP contribution >= 0.6 is 11.3 Å². The van der Waals surface area contributed by atoms with Crippen LogP contribution in [0.2, 0.25) is 0 Å². The molecule has 0 bridgehead atoms. The van der Waals surface area contributed by atoms with Gasteiger partial charge in [-0.3, -0.25) is 9.59 Å². The lowest BCUT2D eigenvalue weighted by Crippen LogP contribution is -2.42. The SMILES string of the molecule is COC(C)(C)CCCC(C)c1cnc(NC(=O)C(C)NC(=O)Cc2cc(F)cc(F)c2)s1. The molecule has 0 spiro atoms. The first-order valence-electron chi connectivity index (χ1n) is 10.5. The molecule has 2 N–H and O–H groups in total. The van der Waals surface area contributed by atoms with Crippen LogP contribution in [0, 0.1) is 11.6 Å². The third-order valence-corrected chi connectivity index (χ3v) is 6.41. The van der Waals surface area contributed by atoms with Gasteiger partial charge in [0.15, 0.2) is 5.13 Å². The Kier molecular flexibility index (Phi) is 9.27. The Balaban J connectivity index is 1.83. The highest BCUT2D eigenvalue weighted by Crippen LogP contribution is 2.30. The van der Waals surface area contributed by atoms with Crippen LogP contribution < -0.4 is 10.6 Å². The van der Waals surface area contributed by atoms with Crippen LogP contribution in [0.1, 0.15) is 63.3 Å². The number of benzene rings is 1. The predicted molar refractivity (Wildman–Crippen MR) is 122 cm³/mol. The van der Waals surface area contributed by atoms with Gasteiger partial charge < -0.3 is 15.4 Å². The monoisotopic (exact) mass is 467 g/mol. The first kappa shape index (κ1) is 25.9. The number of hydrogen-bond donors (Lipinski definition) is 2. The van der Waals surface area contributed by atoms with E-state index in [2.05, 4.69) is 36.4 Å². The number of carbonyl (C=O) groups excluding carboxylic acids is 2. The largest absolute Gasteiger partial charge is 0.379 e. The molecule has 32 heavy (non-hydrogen) atoms. The van der Waals surface area contributed by atoms with Gasteiger partial charge in [0.05, 0.1) is 12.0 Å². The van der Waals surface area contributed by atoms with Gasteiger partial charge in [0, 0.05) is 24.3 Å². The van der Waals surface area contributed by atoms with E-state index in [9.17, 15) is 18.4 Å². The predicted octanol–water partition coefficient (Wildman–Crippen LogP) is 4.81. The normalized spacial score (nSPS) is 13.5. The molecule has 1 aromatic heterocycles. The van der Waals surface area contributed by atoms with Crippen LogP contribution in [-0.2, 0) is 20.7 Å². The summed E-state index contributed by atoms with van der Waals surface area (Å²) in [5.74, 6) is -2.14. The Labute approximate surface area is 191 Å². The summed E-state index contributed by atoms with van der Waals surface area (Å²) in [4.78, 5) is 29.9. The first-order valence-corrected chi connectivity index (χ1v) is 11.4. The Morgan fingerprint density at radius 1 is 1.19 bits per heavy atom. The highest BCUT2D eigenvalue weighted by Gasteiger charge is 2.20. The van der Waals surface area contributed by atoms with E-state index in [-0.39, 0.29) is 17.6 Å². The highest BCUT2D eigenvalue weighted by molar-refractivity contribution is 7.15. The van der Waals surface area contributed by atoms with Gasteiger partial charge in [0.1, 0.15) is 17.7 Å². The number of nitrogens with zero attached hydrogens (tertiary/aromatic N) is 1. The summed E-state index contributed by atoms with van der Waals surface area (Å²) in [6.45, 7) is 7.79. The Morgan fingerprint density at radius 3 is 2.47 bits per heavy atom. The van der Waals surface area contributed by atoms with Crippen molar-refractivity contribution in [3.8, 4) is 0 Å². The summed E-state index contributed by atoms with van der Waals surface area (Å²) in [6.07, 6.45) is 4.48. The summed E-state index contributed by atoms with van der Waals surface area (Å²) in [5, 5.41) is 5.70. The summed E-state index contributed by atoms with van der Waals surface area (Å²) in [6, 6.07) is 2.08. The minimum Gasteiger partial charge on any atom is -0.379 e. The molecule has 2 amide bonds. The molecule has 9 heteroatoms. The molecule has 2 atom stereocenters. The zero-order valence-electron chi connectivity index (χ0n) is 19.1. The molecule has 0 aliphatic carbocycles. The van der Waals surface area contributed by atoms with Crippen molar-refractivity contribution in [2.75, 3.05) is 12.4 Å². The topological polar surface area (TPSA) is 80.3 Å². The highest BCUT2D eigenvalue weighted by atomic mass is 32.1. The van der Waals surface area contributed by atoms with E-state index < -0.39 is 29.5 Å². The van der Waals surface area contributed by atoms with Crippen molar-refractivity contribution in [3.63, 3.8) is 0 Å². The Morgan fingerprint density at radius 2 is 1.84 bits per heavy atom. The van der Waals surface area contributed by atoms with Gasteiger partial charge in [-0.1, -0.05) is 6.92 Å². The van der Waals surface area contributed by atoms with Gasteiger partial charge in [-0.25, -0.2) is 13.8 Å². The average Bonchev–Trinajstić information content (AvgIpc) is 3.15. The molecule has 0 fully saturated rings. The lowest BCUT2D eigenvalue weighted by atomic mass is 9.96. The molecule has 1 aromatic carbocycles. The quantitative estimate of drug-likeness (QED) is 0.497. The lowest BCUT2D eigenvalue weighted by molar-refractivity contribution is -0.125. The minimum atomic E-state index is -0.832. The smallest absolute Gasteiger partial charge is 0.248 e. The molecule has 0 aliphatic heterocycles. The van der Waals surface area contributed by atoms with E-state index in [4.69, 9.17) is 4.74 Å². The number of amides is 2. The first-order chi connectivity index (χ1) is 15.0. The summed E-state index contributed by atoms with van der Waals surface area (Å²) < 4.78 is 32.0. The molecule has 1 heterocycles. The van der Waals surface area contributed by atoms with Crippen LogP contribution in [0.4, 0.5) is 13.9 Å². The Bertz CT molecular complexity index is 913. The number of ether oxygens (including phenoxy) is 1. The van der Waals surface area contributed by atoms with E-state index in [0.717, 1.165) is 42.3 Å². The molecule has 0 saturated carbocycles. The molecule has 2 aromatic rings. The summed E-state index contributed by atoms with van der Waals surface area (Å²) in [7, 11) is 1.71. The molecular weight excluding hydrogens is 436 g/mol. The van der Waals surface area contributed by atoms with Gasteiger partial charge in [-0.2, -0.15) is 0 Å². The van der Waals surface area contributed by atoms with E-state index in [1.165, 1.54) is 18.3 Å². The van der Waals surface area contributed by atoms with Crippen LogP contribution in [0.3, 0.4) is 0 Å². The van der Waals surface area contributed by atoms with E-state index >= 15 is 0 Å². The van der Waals surface area contributed by atoms with Crippen LogP contribution in [0.25, 0.3) is 0 Å². The molecule has 176 valence electrons. The van der Waals surface area contributed by atoms with Crippen molar-refractivity contribution < 1.29 is 23.1 Å². The third kappa shape index (κ3) is 8.27. The van der Waals surface area contributed by atoms with Gasteiger partial charge in [-0.05, 0) is 63.6 Å². The molecule has 0 saturated heterocycles. The number of carbonyl (C=O) groups is 2. The van der Waals surface area contributed by atoms with Crippen molar-refractivity contribution in [1.29, 1.82) is 0 Å². The maximum Gasteiger partial charge on any atom is 0.248 e. The second-order valence-corrected chi connectivity index (χ2v) is 9.62. The fraction of sp³-hybridized carbons (Fsp3) is 0.522. The Hall–Kier alpha value is -2.39. The minimum absolute atomic E-state index is 0.143. The number of rotatable bonds is 11. The number of thiazole rings is 1. The zero-order valence-corrected chi connectivity index (χ0v) is 19.9. The van der Waals surface area contributed by atoms with E-state index in [1.54, 1.807) is 13.3 Å². The van der Waals surface area contributed by atoms with Crippen molar-refractivity contribution in [2.24, 2.45) is 0 Å². The number of halogens is 2. The fourth-order valence-corrected chi connectivity index (χ4v) is 4.03. The molecule has 2 rings (SSSR count). The van der Waals surface area contributed by atoms with Crippen LogP contribution in [-0.4, -0.2) is 35.6 Å². The summed E-state index contributed by atoms with van der Waals surface area (Å²) >= 11 is 1.40. The number of nitrogens with one attached hydrogen (secondary N) is 2. The molecule has 0 radical (unpaired) electrons. The van der Waals surface area contributed by atoms with Crippen molar-refractivity contribution in [2.45, 2.75) is 70.9 Å². The number of hydrogen-bond acceptors (Lipinski definition) is 5. The standard InChI is InChI=1S/C23H31F2N3O3S/c1-14(7-6-8-23(3,4)31-5)19-13-26-22(32-19)28-21(30)15(2)27-20(29)11-16-9-17(24)12-18(25)10-16/h9-10,12-15H,6-8,11H2,1-5H3,(H,27,29)(H,26,28,30). The molecule has 6 nitrogen and oxygen atoms in total. The summed E-state index contributed by atoms with van der Waals surface area (Å²) in [5.41, 5.74) is 0.0516. The van der Waals surface area contributed by atoms with Gasteiger partial charge in [-0.15, -0.1) is 11.3 Å². The van der Waals surface area contributed by atoms with Gasteiger partial charge >= 0.3 is 0 Å². The van der Waals surface area contributed by atoms with E-state index in [0.29, 0.717) is 11.0 Å². The van der Waals surface area contributed by atoms with E-state index in [1.807, 2.05) is 0 Å². The lowest BCUT2D eigenvalue weighted by Gasteiger charge is -2.23. The average molecular weight is 468 g/mol. The maximum absolute atomic E-state index is 13.3. The molecule has 2 unspecified atom stereocenters. The zero-order chi connectivity index (χ0) is 23.9. The maximum atomic E-state index is 13.3. The van der Waals surface area contributed by atoms with Crippen molar-refractivity contribution in [1.82, 2.24) is 10.3 Å². The molecular formula is C23H31F2N3O3S. The number of methoxy groups -OCH3 is 1. The second kappa shape index (κ2) is 11.5. The van der Waals surface area contributed by atoms with Crippen molar-refractivity contribution >= 4 is 28.3 Å². The van der Waals surface area contributed by atoms with Crippen LogP contribution in [0.5, 0.6) is 0 Å². The van der Waals surface area contributed by atoms with Crippen molar-refractivity contribution in [3.05, 3.63) is 46.5 Å². The second-order valence-electron chi connectivity index (χ2n) is 8.56. The molecule has 0 aliphatic rings.